The second kappa shape index (κ2) is 8.28. The van der Waals surface area contributed by atoms with E-state index in [2.05, 4.69) is 0 Å². The molecule has 0 saturated heterocycles. The van der Waals surface area contributed by atoms with Gasteiger partial charge in [-0.3, -0.25) is 4.79 Å². The van der Waals surface area contributed by atoms with Gasteiger partial charge in [-0.05, 0) is 48.4 Å². The van der Waals surface area contributed by atoms with Gasteiger partial charge in [0.25, 0.3) is 0 Å². The summed E-state index contributed by atoms with van der Waals surface area (Å²) >= 11 is 1.40. The van der Waals surface area contributed by atoms with Crippen molar-refractivity contribution in [3.63, 3.8) is 0 Å². The lowest BCUT2D eigenvalue weighted by atomic mass is 10.1. The van der Waals surface area contributed by atoms with Gasteiger partial charge in [0.05, 0.1) is 23.0 Å². The van der Waals surface area contributed by atoms with Crippen molar-refractivity contribution in [2.24, 2.45) is 0 Å². The number of thioether (sulfide) groups is 1. The maximum atomic E-state index is 14.2. The fraction of sp³-hybridized carbons (Fsp3) is 0.130. The topological polar surface area (TPSA) is 57.6 Å². The highest BCUT2D eigenvalue weighted by atomic mass is 32.2. The van der Waals surface area contributed by atoms with Crippen molar-refractivity contribution in [1.29, 1.82) is 0 Å². The van der Waals surface area contributed by atoms with Crippen molar-refractivity contribution >= 4 is 29.3 Å². The number of anilines is 1. The molecular weight excluding hydrogens is 408 g/mol. The number of hydrogen-bond acceptors (Lipinski definition) is 3. The number of amides is 1. The predicted molar refractivity (Wildman–Crippen MR) is 111 cm³/mol. The molecule has 0 fully saturated rings. The van der Waals surface area contributed by atoms with Crippen LogP contribution in [0.15, 0.2) is 71.6 Å². The van der Waals surface area contributed by atoms with Crippen molar-refractivity contribution < 1.29 is 23.5 Å². The minimum atomic E-state index is -1.02. The number of carbonyl (C=O) groups excluding carboxylic acids is 1. The molecule has 1 atom stereocenters. The number of benzene rings is 3. The van der Waals surface area contributed by atoms with Gasteiger partial charge in [0.2, 0.25) is 5.91 Å². The van der Waals surface area contributed by atoms with Gasteiger partial charge in [0.15, 0.2) is 0 Å². The second-order valence-electron chi connectivity index (χ2n) is 6.91. The standard InChI is InChI=1S/C23H17F2NO3S/c24-17-4-3-5-18(25)16(17)13-26-19-6-1-2-7-20(19)30-21(22(26)27)12-14-8-10-15(11-9-14)23(28)29/h1-11,21H,12-13H2,(H,28,29). The molecule has 1 heterocycles. The molecule has 7 heteroatoms. The van der Waals surface area contributed by atoms with E-state index in [1.165, 1.54) is 47.0 Å². The molecule has 0 radical (unpaired) electrons. The fourth-order valence-corrected chi connectivity index (χ4v) is 4.67. The summed E-state index contributed by atoms with van der Waals surface area (Å²) in [6, 6.07) is 17.3. The van der Waals surface area contributed by atoms with E-state index in [0.717, 1.165) is 10.5 Å². The van der Waals surface area contributed by atoms with Crippen molar-refractivity contribution in [3.05, 3.63) is 95.1 Å². The number of aromatic carboxylic acids is 1. The largest absolute Gasteiger partial charge is 0.478 e. The Morgan fingerprint density at radius 3 is 2.30 bits per heavy atom. The first kappa shape index (κ1) is 20.1. The second-order valence-corrected chi connectivity index (χ2v) is 8.15. The summed E-state index contributed by atoms with van der Waals surface area (Å²) in [6.07, 6.45) is 0.369. The Bertz CT molecular complexity index is 1100. The Balaban J connectivity index is 1.65. The number of rotatable bonds is 5. The van der Waals surface area contributed by atoms with Gasteiger partial charge in [-0.15, -0.1) is 11.8 Å². The zero-order valence-corrected chi connectivity index (χ0v) is 16.5. The third-order valence-electron chi connectivity index (χ3n) is 4.97. The van der Waals surface area contributed by atoms with Crippen LogP contribution in [-0.4, -0.2) is 22.2 Å². The molecule has 1 amide bonds. The van der Waals surface area contributed by atoms with Crippen LogP contribution in [0.5, 0.6) is 0 Å². The summed E-state index contributed by atoms with van der Waals surface area (Å²) in [7, 11) is 0. The Labute approximate surface area is 176 Å². The number of carboxylic acid groups (broad SMARTS) is 1. The molecule has 0 aromatic heterocycles. The maximum absolute atomic E-state index is 14.2. The highest BCUT2D eigenvalue weighted by Gasteiger charge is 2.34. The van der Waals surface area contributed by atoms with Crippen LogP contribution < -0.4 is 4.90 Å². The Morgan fingerprint density at radius 1 is 0.967 bits per heavy atom. The third kappa shape index (κ3) is 3.93. The minimum Gasteiger partial charge on any atom is -0.478 e. The summed E-state index contributed by atoms with van der Waals surface area (Å²) in [6.45, 7) is -0.205. The van der Waals surface area contributed by atoms with Crippen molar-refractivity contribution in [1.82, 2.24) is 0 Å². The van der Waals surface area contributed by atoms with Gasteiger partial charge in [0.1, 0.15) is 11.6 Å². The molecule has 3 aromatic carbocycles. The lowest BCUT2D eigenvalue weighted by molar-refractivity contribution is -0.118. The van der Waals surface area contributed by atoms with Crippen LogP contribution >= 0.6 is 11.8 Å². The van der Waals surface area contributed by atoms with Crippen LogP contribution in [-0.2, 0) is 17.8 Å². The van der Waals surface area contributed by atoms with Crippen LogP contribution in [0.1, 0.15) is 21.5 Å². The van der Waals surface area contributed by atoms with E-state index in [9.17, 15) is 18.4 Å². The van der Waals surface area contributed by atoms with Crippen LogP contribution in [0.25, 0.3) is 0 Å². The highest BCUT2D eigenvalue weighted by molar-refractivity contribution is 8.01. The molecule has 1 aliphatic rings. The number of halogens is 2. The Morgan fingerprint density at radius 2 is 1.63 bits per heavy atom. The molecule has 1 aliphatic heterocycles. The molecule has 3 aromatic rings. The normalized spacial score (nSPS) is 15.7. The third-order valence-corrected chi connectivity index (χ3v) is 6.22. The zero-order chi connectivity index (χ0) is 21.3. The van der Waals surface area contributed by atoms with Crippen LogP contribution in [0.3, 0.4) is 0 Å². The maximum Gasteiger partial charge on any atom is 0.335 e. The van der Waals surface area contributed by atoms with E-state index in [4.69, 9.17) is 5.11 Å². The average molecular weight is 425 g/mol. The SMILES string of the molecule is O=C(O)c1ccc(CC2Sc3ccccc3N(Cc3c(F)cccc3F)C2=O)cc1. The molecule has 1 unspecified atom stereocenters. The van der Waals surface area contributed by atoms with E-state index < -0.39 is 22.9 Å². The summed E-state index contributed by atoms with van der Waals surface area (Å²) in [5.74, 6) is -2.65. The number of hydrogen-bond donors (Lipinski definition) is 1. The van der Waals surface area contributed by atoms with Gasteiger partial charge >= 0.3 is 5.97 Å². The molecule has 0 spiro atoms. The van der Waals surface area contributed by atoms with E-state index in [0.29, 0.717) is 12.1 Å². The monoisotopic (exact) mass is 425 g/mol. The number of nitrogens with zero attached hydrogens (tertiary/aromatic N) is 1. The van der Waals surface area contributed by atoms with E-state index in [1.807, 2.05) is 12.1 Å². The number of fused-ring (bicyclic) bond motifs is 1. The predicted octanol–water partition coefficient (Wildman–Crippen LogP) is 4.91. The van der Waals surface area contributed by atoms with Crippen molar-refractivity contribution in [2.45, 2.75) is 23.1 Å². The Kier molecular flexibility index (Phi) is 5.55. The lowest BCUT2D eigenvalue weighted by Crippen LogP contribution is -2.41. The van der Waals surface area contributed by atoms with E-state index >= 15 is 0 Å². The molecule has 0 aliphatic carbocycles. The average Bonchev–Trinajstić information content (AvgIpc) is 2.73. The molecule has 4 rings (SSSR count). The molecule has 30 heavy (non-hydrogen) atoms. The smallest absolute Gasteiger partial charge is 0.335 e. The van der Waals surface area contributed by atoms with Crippen molar-refractivity contribution in [2.75, 3.05) is 4.90 Å². The summed E-state index contributed by atoms with van der Waals surface area (Å²) in [4.78, 5) is 26.6. The zero-order valence-electron chi connectivity index (χ0n) is 15.7. The summed E-state index contributed by atoms with van der Waals surface area (Å²) in [5, 5.41) is 8.55. The number of carbonyl (C=O) groups is 2. The van der Waals surface area contributed by atoms with Gasteiger partial charge in [-0.1, -0.05) is 30.3 Å². The first-order valence-electron chi connectivity index (χ1n) is 9.26. The summed E-state index contributed by atoms with van der Waals surface area (Å²) < 4.78 is 28.4. The molecule has 1 N–H and O–H groups in total. The van der Waals surface area contributed by atoms with Crippen molar-refractivity contribution in [3.8, 4) is 0 Å². The first-order chi connectivity index (χ1) is 14.4. The molecule has 4 nitrogen and oxygen atoms in total. The van der Waals surface area contributed by atoms with Crippen LogP contribution in [0.4, 0.5) is 14.5 Å². The van der Waals surface area contributed by atoms with E-state index in [1.54, 1.807) is 24.3 Å². The van der Waals surface area contributed by atoms with Gasteiger partial charge < -0.3 is 10.0 Å². The number of para-hydroxylation sites is 1. The number of carboxylic acids is 1. The van der Waals surface area contributed by atoms with Crippen LogP contribution in [0, 0.1) is 11.6 Å². The first-order valence-corrected chi connectivity index (χ1v) is 10.1. The van der Waals surface area contributed by atoms with Gasteiger partial charge in [-0.2, -0.15) is 0 Å². The van der Waals surface area contributed by atoms with Crippen LogP contribution in [0.2, 0.25) is 0 Å². The van der Waals surface area contributed by atoms with Gasteiger partial charge in [0, 0.05) is 10.5 Å². The minimum absolute atomic E-state index is 0.155. The van der Waals surface area contributed by atoms with Gasteiger partial charge in [-0.25, -0.2) is 13.6 Å². The quantitative estimate of drug-likeness (QED) is 0.631. The Hall–Kier alpha value is -3.19. The molecule has 0 bridgehead atoms. The van der Waals surface area contributed by atoms with E-state index in [-0.39, 0.29) is 23.6 Å². The molecule has 0 saturated carbocycles. The summed E-state index contributed by atoms with van der Waals surface area (Å²) in [5.41, 5.74) is 1.44. The molecular formula is C23H17F2NO3S. The lowest BCUT2D eigenvalue weighted by Gasteiger charge is -2.34. The molecule has 152 valence electrons. The highest BCUT2D eigenvalue weighted by Crippen LogP contribution is 2.41. The fourth-order valence-electron chi connectivity index (χ4n) is 3.41.